The van der Waals surface area contributed by atoms with E-state index in [0.717, 1.165) is 7.05 Å². The van der Waals surface area contributed by atoms with Gasteiger partial charge in [0.2, 0.25) is 11.9 Å². The summed E-state index contributed by atoms with van der Waals surface area (Å²) >= 11 is 0. The zero-order valence-corrected chi connectivity index (χ0v) is 16.1. The maximum Gasteiger partial charge on any atom is 0.406 e. The minimum atomic E-state index is -4.49. The molecule has 1 aromatic carbocycles. The molecular formula is C18H23F4N5O2. The summed E-state index contributed by atoms with van der Waals surface area (Å²) in [4.78, 5) is 19.4. The Morgan fingerprint density at radius 1 is 1.41 bits per heavy atom. The van der Waals surface area contributed by atoms with E-state index in [2.05, 4.69) is 4.98 Å². The van der Waals surface area contributed by atoms with Crippen molar-refractivity contribution in [1.29, 1.82) is 0 Å². The average molecular weight is 417 g/mol. The Bertz CT molecular complexity index is 885. The van der Waals surface area contributed by atoms with Crippen LogP contribution in [-0.2, 0) is 11.3 Å². The van der Waals surface area contributed by atoms with Crippen LogP contribution in [-0.4, -0.2) is 72.5 Å². The first kappa shape index (κ1) is 21.2. The van der Waals surface area contributed by atoms with E-state index in [9.17, 15) is 22.4 Å². The lowest BCUT2D eigenvalue weighted by molar-refractivity contribution is -0.158. The molecule has 11 heteroatoms. The summed E-state index contributed by atoms with van der Waals surface area (Å²) in [5.74, 6) is 0.195. The van der Waals surface area contributed by atoms with Crippen molar-refractivity contribution in [2.24, 2.45) is 5.73 Å². The van der Waals surface area contributed by atoms with Crippen molar-refractivity contribution in [3.05, 3.63) is 18.2 Å². The number of ether oxygens (including phenoxy) is 1. The molecule has 0 saturated carbocycles. The predicted molar refractivity (Wildman–Crippen MR) is 99.7 cm³/mol. The molecule has 0 bridgehead atoms. The molecule has 1 amide bonds. The molecule has 29 heavy (non-hydrogen) atoms. The van der Waals surface area contributed by atoms with Gasteiger partial charge in [0.1, 0.15) is 25.0 Å². The topological polar surface area (TPSA) is 76.6 Å². The van der Waals surface area contributed by atoms with Gasteiger partial charge in [0, 0.05) is 26.2 Å². The lowest BCUT2D eigenvalue weighted by atomic mass is 10.1. The number of nitrogens with two attached hydrogens (primary N) is 1. The number of likely N-dealkylation sites (N-methyl/N-ethyl adjacent to an activating group) is 1. The van der Waals surface area contributed by atoms with E-state index in [1.54, 1.807) is 23.1 Å². The first-order valence-corrected chi connectivity index (χ1v) is 9.08. The van der Waals surface area contributed by atoms with Crippen LogP contribution < -0.4 is 15.4 Å². The van der Waals surface area contributed by atoms with Crippen molar-refractivity contribution in [3.8, 4) is 5.75 Å². The fraction of sp³-hybridized carbons (Fsp3) is 0.556. The molecule has 3 rings (SSSR count). The Morgan fingerprint density at radius 2 is 2.14 bits per heavy atom. The summed E-state index contributed by atoms with van der Waals surface area (Å²) in [5, 5.41) is 0. The summed E-state index contributed by atoms with van der Waals surface area (Å²) in [7, 11) is 2.60. The number of nitrogens with zero attached hydrogens (tertiary/aromatic N) is 4. The summed E-state index contributed by atoms with van der Waals surface area (Å²) in [6.07, 6.45) is -5.42. The highest BCUT2D eigenvalue weighted by atomic mass is 19.4. The van der Waals surface area contributed by atoms with Gasteiger partial charge in [0.25, 0.3) is 0 Å². The maximum atomic E-state index is 13.8. The van der Waals surface area contributed by atoms with Crippen LogP contribution in [0, 0.1) is 0 Å². The summed E-state index contributed by atoms with van der Waals surface area (Å²) in [6, 6.07) is 4.31. The van der Waals surface area contributed by atoms with Crippen LogP contribution in [0.5, 0.6) is 5.75 Å². The molecule has 160 valence electrons. The monoisotopic (exact) mass is 417 g/mol. The molecule has 0 spiro atoms. The van der Waals surface area contributed by atoms with E-state index in [-0.39, 0.29) is 19.5 Å². The Hall–Kier alpha value is -2.56. The van der Waals surface area contributed by atoms with Gasteiger partial charge in [-0.05, 0) is 18.6 Å². The number of carbonyl (C=O) groups excluding carboxylic acids is 1. The number of benzene rings is 1. The third-order valence-electron chi connectivity index (χ3n) is 4.92. The number of piperidine rings is 1. The highest BCUT2D eigenvalue weighted by molar-refractivity contribution is 5.84. The van der Waals surface area contributed by atoms with Gasteiger partial charge in [-0.25, -0.2) is 9.37 Å². The molecule has 2 N–H and O–H groups in total. The number of anilines is 1. The largest absolute Gasteiger partial charge is 0.497 e. The lowest BCUT2D eigenvalue weighted by Gasteiger charge is -2.34. The lowest BCUT2D eigenvalue weighted by Crippen LogP contribution is -2.50. The minimum Gasteiger partial charge on any atom is -0.497 e. The van der Waals surface area contributed by atoms with Crippen molar-refractivity contribution in [1.82, 2.24) is 14.5 Å². The van der Waals surface area contributed by atoms with Crippen LogP contribution in [0.1, 0.15) is 6.42 Å². The number of rotatable bonds is 5. The number of hydrogen-bond acceptors (Lipinski definition) is 5. The van der Waals surface area contributed by atoms with E-state index in [1.807, 2.05) is 0 Å². The molecule has 1 aliphatic heterocycles. The quantitative estimate of drug-likeness (QED) is 0.753. The van der Waals surface area contributed by atoms with Crippen molar-refractivity contribution in [2.45, 2.75) is 31.4 Å². The first-order chi connectivity index (χ1) is 13.6. The molecule has 0 aliphatic carbocycles. The second-order valence-corrected chi connectivity index (χ2v) is 7.13. The normalized spacial score (nSPS) is 20.2. The number of alkyl halides is 4. The van der Waals surface area contributed by atoms with Gasteiger partial charge in [-0.2, -0.15) is 13.2 Å². The highest BCUT2D eigenvalue weighted by Crippen LogP contribution is 2.28. The Balaban J connectivity index is 1.96. The molecule has 0 unspecified atom stereocenters. The average Bonchev–Trinajstić information content (AvgIpc) is 3.00. The predicted octanol–water partition coefficient (Wildman–Crippen LogP) is 1.94. The number of halogens is 4. The second kappa shape index (κ2) is 8.05. The van der Waals surface area contributed by atoms with E-state index < -0.39 is 30.8 Å². The third kappa shape index (κ3) is 4.72. The van der Waals surface area contributed by atoms with Crippen LogP contribution in [0.15, 0.2) is 18.2 Å². The summed E-state index contributed by atoms with van der Waals surface area (Å²) in [6.45, 7) is -1.16. The van der Waals surface area contributed by atoms with Crippen molar-refractivity contribution in [2.75, 3.05) is 38.7 Å². The van der Waals surface area contributed by atoms with E-state index >= 15 is 0 Å². The van der Waals surface area contributed by atoms with Crippen molar-refractivity contribution >= 4 is 22.9 Å². The molecule has 1 aromatic heterocycles. The van der Waals surface area contributed by atoms with Gasteiger partial charge in [0.05, 0.1) is 24.2 Å². The van der Waals surface area contributed by atoms with Gasteiger partial charge in [-0.15, -0.1) is 0 Å². The molecule has 1 aliphatic rings. The van der Waals surface area contributed by atoms with Crippen LogP contribution in [0.3, 0.4) is 0 Å². The van der Waals surface area contributed by atoms with Crippen LogP contribution in [0.2, 0.25) is 0 Å². The number of hydrogen-bond donors (Lipinski definition) is 1. The SMILES string of the molecule is COc1ccc2c(c1)nc(N1CC[C@@H](F)[C@H](N)C1)n2CC(=O)N(C)CC(F)(F)F. The fourth-order valence-electron chi connectivity index (χ4n) is 3.37. The number of amides is 1. The van der Waals surface area contributed by atoms with Crippen LogP contribution in [0.25, 0.3) is 11.0 Å². The van der Waals surface area contributed by atoms with Gasteiger partial charge < -0.3 is 24.8 Å². The highest BCUT2D eigenvalue weighted by Gasteiger charge is 2.33. The van der Waals surface area contributed by atoms with E-state index in [4.69, 9.17) is 10.5 Å². The Morgan fingerprint density at radius 3 is 2.76 bits per heavy atom. The molecule has 0 radical (unpaired) electrons. The van der Waals surface area contributed by atoms with Gasteiger partial charge in [0.15, 0.2) is 0 Å². The van der Waals surface area contributed by atoms with Gasteiger partial charge in [-0.3, -0.25) is 4.79 Å². The molecule has 1 fully saturated rings. The minimum absolute atomic E-state index is 0.189. The smallest absolute Gasteiger partial charge is 0.406 e. The van der Waals surface area contributed by atoms with Crippen molar-refractivity contribution in [3.63, 3.8) is 0 Å². The molecule has 2 atom stereocenters. The Kier molecular flexibility index (Phi) is 5.87. The summed E-state index contributed by atoms with van der Waals surface area (Å²) in [5.41, 5.74) is 6.92. The summed E-state index contributed by atoms with van der Waals surface area (Å²) < 4.78 is 58.4. The standard InChI is InChI=1S/C18H23F4N5O2/c1-25(10-18(20,21)22)16(28)9-27-15-4-3-11(29-2)7-14(15)24-17(27)26-6-5-12(19)13(23)8-26/h3-4,7,12-13H,5-6,8-10,23H2,1-2H3/t12-,13-/m1/s1. The third-order valence-corrected chi connectivity index (χ3v) is 4.92. The number of imidazole rings is 1. The fourth-order valence-corrected chi connectivity index (χ4v) is 3.37. The van der Waals surface area contributed by atoms with Gasteiger partial charge in [-0.1, -0.05) is 0 Å². The molecule has 2 aromatic rings. The number of aromatic nitrogens is 2. The molecular weight excluding hydrogens is 394 g/mol. The molecule has 2 heterocycles. The maximum absolute atomic E-state index is 13.8. The number of fused-ring (bicyclic) bond motifs is 1. The number of methoxy groups -OCH3 is 1. The second-order valence-electron chi connectivity index (χ2n) is 7.13. The van der Waals surface area contributed by atoms with E-state index in [1.165, 1.54) is 11.7 Å². The zero-order valence-electron chi connectivity index (χ0n) is 16.1. The zero-order chi connectivity index (χ0) is 21.3. The van der Waals surface area contributed by atoms with Gasteiger partial charge >= 0.3 is 6.18 Å². The Labute approximate surface area is 165 Å². The molecule has 7 nitrogen and oxygen atoms in total. The number of carbonyl (C=O) groups is 1. The van der Waals surface area contributed by atoms with Crippen molar-refractivity contribution < 1.29 is 27.1 Å². The molecule has 1 saturated heterocycles. The van der Waals surface area contributed by atoms with E-state index in [0.29, 0.717) is 34.2 Å². The van der Waals surface area contributed by atoms with Crippen LogP contribution in [0.4, 0.5) is 23.5 Å². The van der Waals surface area contributed by atoms with Crippen LogP contribution >= 0.6 is 0 Å². The first-order valence-electron chi connectivity index (χ1n) is 9.08.